The van der Waals surface area contributed by atoms with Gasteiger partial charge < -0.3 is 9.47 Å². The minimum absolute atomic E-state index is 0.304. The molecule has 0 radical (unpaired) electrons. The Morgan fingerprint density at radius 3 is 2.00 bits per heavy atom. The Morgan fingerprint density at radius 2 is 1.50 bits per heavy atom. The SMILES string of the molecule is COc1ccc(C(=O)O[C@H](C)C(=O)c2ccc(NS(C)(=O)=O)cc2)cc1. The van der Waals surface area contributed by atoms with Gasteiger partial charge in [0, 0.05) is 11.3 Å². The predicted molar refractivity (Wildman–Crippen MR) is 97.1 cm³/mol. The summed E-state index contributed by atoms with van der Waals surface area (Å²) in [6.07, 6.45) is 0.0468. The first-order valence-corrected chi connectivity index (χ1v) is 9.56. The summed E-state index contributed by atoms with van der Waals surface area (Å²) in [5.74, 6) is -0.407. The molecule has 8 heteroatoms. The molecule has 7 nitrogen and oxygen atoms in total. The zero-order valence-electron chi connectivity index (χ0n) is 14.6. The van der Waals surface area contributed by atoms with E-state index in [1.807, 2.05) is 0 Å². The molecule has 26 heavy (non-hydrogen) atoms. The number of methoxy groups -OCH3 is 1. The highest BCUT2D eigenvalue weighted by Gasteiger charge is 2.20. The van der Waals surface area contributed by atoms with Gasteiger partial charge in [0.05, 0.1) is 18.9 Å². The standard InChI is InChI=1S/C18H19NO6S/c1-12(25-18(21)14-6-10-16(24-2)11-7-14)17(20)13-4-8-15(9-5-13)19-26(3,22)23/h4-12,19H,1-3H3/t12-/m1/s1. The number of esters is 1. The number of sulfonamides is 1. The topological polar surface area (TPSA) is 98.8 Å². The van der Waals surface area contributed by atoms with Crippen LogP contribution in [0.25, 0.3) is 0 Å². The first kappa shape index (κ1) is 19.5. The summed E-state index contributed by atoms with van der Waals surface area (Å²) in [4.78, 5) is 24.5. The molecule has 0 aliphatic heterocycles. The van der Waals surface area contributed by atoms with E-state index in [0.717, 1.165) is 6.26 Å². The third-order valence-electron chi connectivity index (χ3n) is 3.45. The number of benzene rings is 2. The van der Waals surface area contributed by atoms with E-state index in [4.69, 9.17) is 9.47 Å². The van der Waals surface area contributed by atoms with Crippen molar-refractivity contribution in [3.63, 3.8) is 0 Å². The molecule has 2 aromatic carbocycles. The molecular formula is C18H19NO6S. The van der Waals surface area contributed by atoms with E-state index in [-0.39, 0.29) is 0 Å². The van der Waals surface area contributed by atoms with Crippen LogP contribution in [0.15, 0.2) is 48.5 Å². The van der Waals surface area contributed by atoms with E-state index < -0.39 is 27.9 Å². The average molecular weight is 377 g/mol. The predicted octanol–water partition coefficient (Wildman–Crippen LogP) is 2.49. The largest absolute Gasteiger partial charge is 0.497 e. The third kappa shape index (κ3) is 5.32. The van der Waals surface area contributed by atoms with E-state index in [9.17, 15) is 18.0 Å². The number of anilines is 1. The molecule has 2 rings (SSSR count). The zero-order valence-corrected chi connectivity index (χ0v) is 15.4. The number of ether oxygens (including phenoxy) is 2. The van der Waals surface area contributed by atoms with E-state index in [1.54, 1.807) is 24.3 Å². The van der Waals surface area contributed by atoms with Crippen molar-refractivity contribution in [2.45, 2.75) is 13.0 Å². The second-order valence-corrected chi connectivity index (χ2v) is 7.34. The van der Waals surface area contributed by atoms with Gasteiger partial charge in [0.15, 0.2) is 6.10 Å². The summed E-state index contributed by atoms with van der Waals surface area (Å²) in [5, 5.41) is 0. The number of Topliss-reactive ketones (excluding diaryl/α,β-unsaturated/α-hetero) is 1. The van der Waals surface area contributed by atoms with Gasteiger partial charge in [0.1, 0.15) is 5.75 Å². The Labute approximate surface area is 152 Å². The van der Waals surface area contributed by atoms with E-state index in [2.05, 4.69) is 4.72 Å². The number of carbonyl (C=O) groups excluding carboxylic acids is 2. The van der Waals surface area contributed by atoms with Crippen molar-refractivity contribution < 1.29 is 27.5 Å². The van der Waals surface area contributed by atoms with Crippen LogP contribution < -0.4 is 9.46 Å². The molecule has 138 valence electrons. The fourth-order valence-electron chi connectivity index (χ4n) is 2.16. The molecule has 0 fully saturated rings. The number of nitrogens with one attached hydrogen (secondary N) is 1. The van der Waals surface area contributed by atoms with Crippen molar-refractivity contribution in [2.24, 2.45) is 0 Å². The quantitative estimate of drug-likeness (QED) is 0.588. The van der Waals surface area contributed by atoms with Gasteiger partial charge in [0.25, 0.3) is 0 Å². The van der Waals surface area contributed by atoms with Crippen LogP contribution in [0.3, 0.4) is 0 Å². The molecule has 0 heterocycles. The lowest BCUT2D eigenvalue weighted by Crippen LogP contribution is -2.24. The summed E-state index contributed by atoms with van der Waals surface area (Å²) < 4.78 is 34.9. The average Bonchev–Trinajstić information content (AvgIpc) is 2.60. The van der Waals surface area contributed by atoms with Gasteiger partial charge in [0.2, 0.25) is 15.8 Å². The molecule has 0 aliphatic rings. The molecule has 0 aliphatic carbocycles. The van der Waals surface area contributed by atoms with E-state index in [0.29, 0.717) is 22.6 Å². The van der Waals surface area contributed by atoms with Crippen molar-refractivity contribution in [2.75, 3.05) is 18.1 Å². The van der Waals surface area contributed by atoms with E-state index >= 15 is 0 Å². The first-order valence-electron chi connectivity index (χ1n) is 7.66. The lowest BCUT2D eigenvalue weighted by atomic mass is 10.1. The highest BCUT2D eigenvalue weighted by Crippen LogP contribution is 2.16. The molecule has 0 bridgehead atoms. The smallest absolute Gasteiger partial charge is 0.338 e. The molecule has 0 amide bonds. The summed E-state index contributed by atoms with van der Waals surface area (Å²) in [5.41, 5.74) is 0.948. The molecule has 1 N–H and O–H groups in total. The Kier molecular flexibility index (Phi) is 5.99. The summed E-state index contributed by atoms with van der Waals surface area (Å²) in [6, 6.07) is 12.2. The van der Waals surface area contributed by atoms with Crippen LogP contribution in [0.1, 0.15) is 27.6 Å². The second kappa shape index (κ2) is 8.01. The minimum atomic E-state index is -3.39. The normalized spacial score (nSPS) is 12.1. The lowest BCUT2D eigenvalue weighted by Gasteiger charge is -2.13. The number of hydrogen-bond acceptors (Lipinski definition) is 6. The van der Waals surface area contributed by atoms with Crippen LogP contribution in [0.5, 0.6) is 5.75 Å². The van der Waals surface area contributed by atoms with Crippen molar-refractivity contribution in [3.8, 4) is 5.75 Å². The maximum absolute atomic E-state index is 12.4. The van der Waals surface area contributed by atoms with Crippen molar-refractivity contribution in [1.82, 2.24) is 0 Å². The minimum Gasteiger partial charge on any atom is -0.497 e. The maximum Gasteiger partial charge on any atom is 0.338 e. The highest BCUT2D eigenvalue weighted by molar-refractivity contribution is 7.92. The van der Waals surface area contributed by atoms with Crippen LogP contribution >= 0.6 is 0 Å². The van der Waals surface area contributed by atoms with Gasteiger partial charge in [-0.05, 0) is 55.5 Å². The fourth-order valence-corrected chi connectivity index (χ4v) is 2.72. The molecule has 1 atom stereocenters. The zero-order chi connectivity index (χ0) is 19.3. The Hall–Kier alpha value is -2.87. The second-order valence-electron chi connectivity index (χ2n) is 5.59. The van der Waals surface area contributed by atoms with Gasteiger partial charge in [-0.3, -0.25) is 9.52 Å². The van der Waals surface area contributed by atoms with Gasteiger partial charge in [-0.25, -0.2) is 13.2 Å². The van der Waals surface area contributed by atoms with Crippen LogP contribution in [0, 0.1) is 0 Å². The molecular weight excluding hydrogens is 358 g/mol. The summed E-state index contributed by atoms with van der Waals surface area (Å²) in [6.45, 7) is 1.48. The lowest BCUT2D eigenvalue weighted by molar-refractivity contribution is 0.0319. The van der Waals surface area contributed by atoms with Crippen molar-refractivity contribution in [1.29, 1.82) is 0 Å². The van der Waals surface area contributed by atoms with Gasteiger partial charge in [-0.2, -0.15) is 0 Å². The monoisotopic (exact) mass is 377 g/mol. The van der Waals surface area contributed by atoms with Gasteiger partial charge in [-0.15, -0.1) is 0 Å². The van der Waals surface area contributed by atoms with Crippen molar-refractivity contribution in [3.05, 3.63) is 59.7 Å². The first-order chi connectivity index (χ1) is 12.2. The Bertz CT molecular complexity index is 888. The van der Waals surface area contributed by atoms with Crippen molar-refractivity contribution >= 4 is 27.5 Å². The van der Waals surface area contributed by atoms with Crippen LogP contribution in [-0.2, 0) is 14.8 Å². The number of ketones is 1. The summed E-state index contributed by atoms with van der Waals surface area (Å²) >= 11 is 0. The Balaban J connectivity index is 2.03. The van der Waals surface area contributed by atoms with Crippen LogP contribution in [-0.4, -0.2) is 39.6 Å². The van der Waals surface area contributed by atoms with Crippen LogP contribution in [0.4, 0.5) is 5.69 Å². The third-order valence-corrected chi connectivity index (χ3v) is 4.06. The molecule has 0 aromatic heterocycles. The number of carbonyl (C=O) groups is 2. The van der Waals surface area contributed by atoms with Gasteiger partial charge in [-0.1, -0.05) is 0 Å². The molecule has 2 aromatic rings. The molecule has 0 saturated heterocycles. The highest BCUT2D eigenvalue weighted by atomic mass is 32.2. The van der Waals surface area contributed by atoms with E-state index in [1.165, 1.54) is 38.3 Å². The molecule has 0 unspecified atom stereocenters. The number of rotatable bonds is 7. The van der Waals surface area contributed by atoms with Crippen LogP contribution in [0.2, 0.25) is 0 Å². The van der Waals surface area contributed by atoms with Gasteiger partial charge >= 0.3 is 5.97 Å². The summed E-state index contributed by atoms with van der Waals surface area (Å²) in [7, 11) is -1.87. The number of hydrogen-bond donors (Lipinski definition) is 1. The fraction of sp³-hybridized carbons (Fsp3) is 0.222. The Morgan fingerprint density at radius 1 is 0.962 bits per heavy atom. The maximum atomic E-state index is 12.4. The molecule has 0 spiro atoms. The molecule has 0 saturated carbocycles.